The van der Waals surface area contributed by atoms with Crippen molar-refractivity contribution < 1.29 is 14.3 Å². The molecule has 2 aromatic rings. The smallest absolute Gasteiger partial charge is 0.259 e. The van der Waals surface area contributed by atoms with Crippen LogP contribution in [0.1, 0.15) is 27.9 Å². The number of carbonyl (C=O) groups is 1. The molecule has 0 unspecified atom stereocenters. The zero-order valence-corrected chi connectivity index (χ0v) is 15.6. The summed E-state index contributed by atoms with van der Waals surface area (Å²) in [5, 5.41) is 0.828. The molecule has 0 N–H and O–H groups in total. The van der Waals surface area contributed by atoms with Crippen molar-refractivity contribution in [1.82, 2.24) is 4.90 Å². The average molecular weight is 390 g/mol. The Morgan fingerprint density at radius 1 is 1.08 bits per heavy atom. The van der Waals surface area contributed by atoms with Gasteiger partial charge in [0.25, 0.3) is 5.91 Å². The van der Waals surface area contributed by atoms with Crippen molar-refractivity contribution in [2.45, 2.75) is 12.8 Å². The summed E-state index contributed by atoms with van der Waals surface area (Å²) in [5.74, 6) is 1.27. The molecule has 0 fully saturated rings. The molecule has 0 saturated carbocycles. The first-order valence-electron chi connectivity index (χ1n) is 8.43. The summed E-state index contributed by atoms with van der Waals surface area (Å²) < 4.78 is 11.5. The minimum Gasteiger partial charge on any atom is -0.490 e. The number of hydrogen-bond donors (Lipinski definition) is 0. The number of hydrogen-bond acceptors (Lipinski definition) is 3. The van der Waals surface area contributed by atoms with Crippen molar-refractivity contribution in [3.63, 3.8) is 0 Å². The Morgan fingerprint density at radius 2 is 1.81 bits per heavy atom. The summed E-state index contributed by atoms with van der Waals surface area (Å²) in [6.07, 6.45) is 1.56. The molecule has 134 valence electrons. The Labute approximate surface area is 161 Å². The topological polar surface area (TPSA) is 38.8 Å². The summed E-state index contributed by atoms with van der Waals surface area (Å²) in [6, 6.07) is 8.79. The molecule has 0 bridgehead atoms. The van der Waals surface area contributed by atoms with E-state index in [1.165, 1.54) is 0 Å². The number of fused-ring (bicyclic) bond motifs is 2. The third-order valence-electron chi connectivity index (χ3n) is 4.62. The van der Waals surface area contributed by atoms with Gasteiger partial charge >= 0.3 is 0 Å². The predicted molar refractivity (Wildman–Crippen MR) is 102 cm³/mol. The number of halogens is 2. The van der Waals surface area contributed by atoms with Gasteiger partial charge < -0.3 is 14.4 Å². The highest BCUT2D eigenvalue weighted by Gasteiger charge is 2.28. The van der Waals surface area contributed by atoms with E-state index >= 15 is 0 Å². The van der Waals surface area contributed by atoms with Gasteiger partial charge in [0, 0.05) is 29.2 Å². The highest BCUT2D eigenvalue weighted by molar-refractivity contribution is 6.36. The summed E-state index contributed by atoms with van der Waals surface area (Å²) in [7, 11) is 0. The van der Waals surface area contributed by atoms with Gasteiger partial charge in [-0.25, -0.2) is 0 Å². The molecular formula is C20H17Cl2NO3. The van der Waals surface area contributed by atoms with E-state index in [0.29, 0.717) is 53.2 Å². The molecule has 2 aliphatic rings. The van der Waals surface area contributed by atoms with Crippen LogP contribution in [0.3, 0.4) is 0 Å². The molecule has 4 rings (SSSR count). The molecule has 0 aliphatic carbocycles. The van der Waals surface area contributed by atoms with Crippen LogP contribution in [-0.2, 0) is 6.42 Å². The predicted octanol–water partition coefficient (Wildman–Crippen LogP) is 4.82. The molecule has 26 heavy (non-hydrogen) atoms. The van der Waals surface area contributed by atoms with Crippen LogP contribution in [0.5, 0.6) is 11.5 Å². The van der Waals surface area contributed by atoms with Crippen LogP contribution in [0, 0.1) is 0 Å². The van der Waals surface area contributed by atoms with E-state index in [1.807, 2.05) is 12.1 Å². The average Bonchev–Trinajstić information content (AvgIpc) is 2.85. The number of rotatable bonds is 1. The van der Waals surface area contributed by atoms with Crippen molar-refractivity contribution in [2.75, 3.05) is 19.8 Å². The van der Waals surface area contributed by atoms with E-state index in [4.69, 9.17) is 32.7 Å². The minimum absolute atomic E-state index is 0.186. The molecular weight excluding hydrogens is 373 g/mol. The number of benzene rings is 2. The van der Waals surface area contributed by atoms with Gasteiger partial charge in [0.15, 0.2) is 11.5 Å². The van der Waals surface area contributed by atoms with Gasteiger partial charge in [-0.05, 0) is 42.3 Å². The zero-order valence-electron chi connectivity index (χ0n) is 14.1. The molecule has 0 saturated heterocycles. The molecule has 2 aliphatic heterocycles. The van der Waals surface area contributed by atoms with Crippen molar-refractivity contribution >= 4 is 34.8 Å². The van der Waals surface area contributed by atoms with Crippen molar-refractivity contribution in [3.05, 3.63) is 63.6 Å². The number of amides is 1. The lowest BCUT2D eigenvalue weighted by Crippen LogP contribution is -2.34. The van der Waals surface area contributed by atoms with Gasteiger partial charge in [-0.2, -0.15) is 0 Å². The molecule has 2 heterocycles. The normalized spacial score (nSPS) is 16.1. The Hall–Kier alpha value is -2.17. The Balaban J connectivity index is 1.67. The maximum absolute atomic E-state index is 13.0. The number of nitrogens with zero attached hydrogens (tertiary/aromatic N) is 1. The molecule has 1 amide bonds. The van der Waals surface area contributed by atoms with E-state index in [1.54, 1.807) is 23.1 Å². The second-order valence-electron chi connectivity index (χ2n) is 6.28. The van der Waals surface area contributed by atoms with Gasteiger partial charge in [0.05, 0.1) is 23.8 Å². The third-order valence-corrected chi connectivity index (χ3v) is 5.17. The Kier molecular flexibility index (Phi) is 4.55. The van der Waals surface area contributed by atoms with Crippen molar-refractivity contribution in [2.24, 2.45) is 0 Å². The van der Waals surface area contributed by atoms with Crippen LogP contribution in [0.15, 0.2) is 36.9 Å². The lowest BCUT2D eigenvalue weighted by atomic mass is 9.95. The maximum Gasteiger partial charge on any atom is 0.259 e. The highest BCUT2D eigenvalue weighted by atomic mass is 35.5. The summed E-state index contributed by atoms with van der Waals surface area (Å²) in [6.45, 7) is 5.93. The number of ether oxygens (including phenoxy) is 2. The fourth-order valence-electron chi connectivity index (χ4n) is 3.27. The van der Waals surface area contributed by atoms with Crippen molar-refractivity contribution in [1.29, 1.82) is 0 Å². The van der Waals surface area contributed by atoms with Crippen LogP contribution >= 0.6 is 23.2 Å². The molecule has 0 spiro atoms. The van der Waals surface area contributed by atoms with Crippen molar-refractivity contribution in [3.8, 4) is 11.5 Å². The summed E-state index contributed by atoms with van der Waals surface area (Å²) in [5.41, 5.74) is 3.05. The van der Waals surface area contributed by atoms with Crippen LogP contribution < -0.4 is 9.47 Å². The van der Waals surface area contributed by atoms with Crippen LogP contribution in [-0.4, -0.2) is 30.6 Å². The lowest BCUT2D eigenvalue weighted by molar-refractivity contribution is 0.0833. The van der Waals surface area contributed by atoms with E-state index in [-0.39, 0.29) is 5.91 Å². The van der Waals surface area contributed by atoms with Gasteiger partial charge in [-0.15, -0.1) is 0 Å². The van der Waals surface area contributed by atoms with E-state index in [2.05, 4.69) is 6.58 Å². The van der Waals surface area contributed by atoms with Crippen LogP contribution in [0.25, 0.3) is 5.70 Å². The third kappa shape index (κ3) is 3.04. The van der Waals surface area contributed by atoms with Crippen LogP contribution in [0.4, 0.5) is 0 Å². The number of carbonyl (C=O) groups excluding carboxylic acids is 1. The van der Waals surface area contributed by atoms with E-state index in [9.17, 15) is 4.79 Å². The summed E-state index contributed by atoms with van der Waals surface area (Å²) in [4.78, 5) is 14.6. The first-order chi connectivity index (χ1) is 12.5. The van der Waals surface area contributed by atoms with E-state index < -0.39 is 0 Å². The van der Waals surface area contributed by atoms with Gasteiger partial charge in [-0.3, -0.25) is 4.79 Å². The SMILES string of the molecule is C=C1c2cc3c(cc2CCN1C(=O)c1ccc(Cl)cc1Cl)OCCCO3. The molecule has 0 aromatic heterocycles. The molecule has 6 heteroatoms. The van der Waals surface area contributed by atoms with E-state index in [0.717, 1.165) is 23.3 Å². The monoisotopic (exact) mass is 389 g/mol. The maximum atomic E-state index is 13.0. The second kappa shape index (κ2) is 6.86. The van der Waals surface area contributed by atoms with Gasteiger partial charge in [-0.1, -0.05) is 29.8 Å². The quantitative estimate of drug-likeness (QED) is 0.701. The van der Waals surface area contributed by atoms with Gasteiger partial charge in [0.1, 0.15) is 0 Å². The first-order valence-corrected chi connectivity index (χ1v) is 9.19. The molecule has 0 atom stereocenters. The fraction of sp³-hybridized carbons (Fsp3) is 0.250. The lowest BCUT2D eigenvalue weighted by Gasteiger charge is -2.32. The Morgan fingerprint density at radius 3 is 2.54 bits per heavy atom. The fourth-order valence-corrected chi connectivity index (χ4v) is 3.76. The minimum atomic E-state index is -0.186. The zero-order chi connectivity index (χ0) is 18.3. The highest BCUT2D eigenvalue weighted by Crippen LogP contribution is 2.39. The molecule has 2 aromatic carbocycles. The molecule has 0 radical (unpaired) electrons. The molecule has 4 nitrogen and oxygen atoms in total. The second-order valence-corrected chi connectivity index (χ2v) is 7.13. The Bertz CT molecular complexity index is 910. The van der Waals surface area contributed by atoms with Crippen LogP contribution in [0.2, 0.25) is 10.0 Å². The standard InChI is InChI=1S/C20H17Cl2NO3/c1-12-16-11-19-18(25-7-2-8-26-19)9-13(16)5-6-23(12)20(24)15-4-3-14(21)10-17(15)22/h3-4,9-11H,1-2,5-8H2. The summed E-state index contributed by atoms with van der Waals surface area (Å²) >= 11 is 12.1. The largest absolute Gasteiger partial charge is 0.490 e. The first kappa shape index (κ1) is 17.3. The van der Waals surface area contributed by atoms with Gasteiger partial charge in [0.2, 0.25) is 0 Å².